The van der Waals surface area contributed by atoms with Crippen molar-refractivity contribution in [1.82, 2.24) is 10.2 Å². The Kier molecular flexibility index (Phi) is 7.07. The number of nitrogens with zero attached hydrogens (tertiary/aromatic N) is 2. The van der Waals surface area contributed by atoms with E-state index in [0.29, 0.717) is 19.8 Å². The van der Waals surface area contributed by atoms with Crippen LogP contribution in [0.1, 0.15) is 10.4 Å². The van der Waals surface area contributed by atoms with E-state index in [-0.39, 0.29) is 22.2 Å². The molecule has 0 aliphatic rings. The lowest BCUT2D eigenvalue weighted by Crippen LogP contribution is -2.28. The maximum absolute atomic E-state index is 11.8. The molecule has 0 heterocycles. The summed E-state index contributed by atoms with van der Waals surface area (Å²) in [7, 11) is 3.90. The van der Waals surface area contributed by atoms with Gasteiger partial charge in [-0.3, -0.25) is 14.9 Å². The third kappa shape index (κ3) is 6.07. The van der Waals surface area contributed by atoms with Gasteiger partial charge in [-0.25, -0.2) is 0 Å². The molecule has 0 aromatic heterocycles. The molecular weight excluding hydrogens is 298 g/mol. The zero-order valence-corrected chi connectivity index (χ0v) is 12.7. The van der Waals surface area contributed by atoms with Gasteiger partial charge in [-0.05, 0) is 26.2 Å². The van der Waals surface area contributed by atoms with Crippen LogP contribution in [0.4, 0.5) is 5.69 Å². The zero-order valence-electron chi connectivity index (χ0n) is 12.0. The van der Waals surface area contributed by atoms with Crippen molar-refractivity contribution < 1.29 is 14.5 Å². The first-order chi connectivity index (χ1) is 9.91. The summed E-state index contributed by atoms with van der Waals surface area (Å²) in [6.45, 7) is 2.17. The fourth-order valence-corrected chi connectivity index (χ4v) is 1.73. The molecule has 116 valence electrons. The fraction of sp³-hybridized carbons (Fsp3) is 0.462. The van der Waals surface area contributed by atoms with Crippen molar-refractivity contribution in [3.05, 3.63) is 38.9 Å². The van der Waals surface area contributed by atoms with Crippen LogP contribution in [0.2, 0.25) is 5.02 Å². The first-order valence-corrected chi connectivity index (χ1v) is 6.74. The second kappa shape index (κ2) is 8.56. The summed E-state index contributed by atoms with van der Waals surface area (Å²) in [6.07, 6.45) is 0. The smallest absolute Gasteiger partial charge is 0.287 e. The molecule has 1 N–H and O–H groups in total. The van der Waals surface area contributed by atoms with E-state index in [1.807, 2.05) is 19.0 Å². The lowest BCUT2D eigenvalue weighted by atomic mass is 10.2. The molecule has 0 aliphatic heterocycles. The third-order valence-electron chi connectivity index (χ3n) is 2.62. The summed E-state index contributed by atoms with van der Waals surface area (Å²) in [4.78, 5) is 23.8. The van der Waals surface area contributed by atoms with Crippen molar-refractivity contribution >= 4 is 23.2 Å². The Bertz CT molecular complexity index is 508. The van der Waals surface area contributed by atoms with Crippen LogP contribution in [0.5, 0.6) is 0 Å². The van der Waals surface area contributed by atoms with Crippen LogP contribution in [-0.2, 0) is 4.74 Å². The normalized spacial score (nSPS) is 10.7. The van der Waals surface area contributed by atoms with E-state index in [4.69, 9.17) is 16.3 Å². The molecule has 1 rings (SSSR count). The number of carbonyl (C=O) groups excluding carboxylic acids is 1. The van der Waals surface area contributed by atoms with E-state index in [9.17, 15) is 14.9 Å². The molecule has 7 nitrogen and oxygen atoms in total. The topological polar surface area (TPSA) is 84.7 Å². The number of benzene rings is 1. The molecule has 0 fully saturated rings. The Hall–Kier alpha value is -1.70. The number of rotatable bonds is 8. The van der Waals surface area contributed by atoms with Crippen molar-refractivity contribution in [3.63, 3.8) is 0 Å². The molecular formula is C13H18ClN3O4. The van der Waals surface area contributed by atoms with Crippen LogP contribution in [0, 0.1) is 10.1 Å². The predicted octanol–water partition coefficient (Wildman–Crippen LogP) is 1.56. The summed E-state index contributed by atoms with van der Waals surface area (Å²) in [5.74, 6) is -0.344. The van der Waals surface area contributed by atoms with Gasteiger partial charge in [0.25, 0.3) is 11.6 Å². The highest BCUT2D eigenvalue weighted by molar-refractivity contribution is 6.33. The molecule has 0 spiro atoms. The Labute approximate surface area is 128 Å². The van der Waals surface area contributed by atoms with Gasteiger partial charge in [0.1, 0.15) is 5.02 Å². The molecule has 0 saturated carbocycles. The van der Waals surface area contributed by atoms with Crippen LogP contribution in [0.25, 0.3) is 0 Å². The first kappa shape index (κ1) is 17.4. The minimum Gasteiger partial charge on any atom is -0.378 e. The summed E-state index contributed by atoms with van der Waals surface area (Å²) in [6, 6.07) is 3.86. The number of nitro benzene ring substituents is 1. The number of amides is 1. The summed E-state index contributed by atoms with van der Waals surface area (Å²) in [5, 5.41) is 13.2. The average molecular weight is 316 g/mol. The fourth-order valence-electron chi connectivity index (χ4n) is 1.48. The van der Waals surface area contributed by atoms with E-state index >= 15 is 0 Å². The van der Waals surface area contributed by atoms with Crippen molar-refractivity contribution in [1.29, 1.82) is 0 Å². The second-order valence-corrected chi connectivity index (χ2v) is 5.00. The Morgan fingerprint density at radius 1 is 1.43 bits per heavy atom. The highest BCUT2D eigenvalue weighted by atomic mass is 35.5. The van der Waals surface area contributed by atoms with Gasteiger partial charge >= 0.3 is 0 Å². The molecule has 0 saturated heterocycles. The van der Waals surface area contributed by atoms with Gasteiger partial charge < -0.3 is 15.0 Å². The SMILES string of the molecule is CN(C)CCOCCNC(=O)c1ccc([N+](=O)[O-])c(Cl)c1. The zero-order chi connectivity index (χ0) is 15.8. The van der Waals surface area contributed by atoms with Crippen LogP contribution >= 0.6 is 11.6 Å². The maximum atomic E-state index is 11.8. The number of hydrogen-bond donors (Lipinski definition) is 1. The number of halogens is 1. The quantitative estimate of drug-likeness (QED) is 0.447. The number of hydrogen-bond acceptors (Lipinski definition) is 5. The van der Waals surface area contributed by atoms with Crippen molar-refractivity contribution in [2.24, 2.45) is 0 Å². The molecule has 1 amide bonds. The summed E-state index contributed by atoms with van der Waals surface area (Å²) < 4.78 is 5.33. The highest BCUT2D eigenvalue weighted by Crippen LogP contribution is 2.24. The predicted molar refractivity (Wildman–Crippen MR) is 79.8 cm³/mol. The minimum absolute atomic E-state index is 0.0603. The number of carbonyl (C=O) groups is 1. The van der Waals surface area contributed by atoms with Crippen molar-refractivity contribution in [2.45, 2.75) is 0 Å². The minimum atomic E-state index is -0.595. The molecule has 1 aromatic rings. The van der Waals surface area contributed by atoms with Gasteiger partial charge in [-0.1, -0.05) is 11.6 Å². The number of nitro groups is 1. The van der Waals surface area contributed by atoms with Gasteiger partial charge in [0.2, 0.25) is 0 Å². The van der Waals surface area contributed by atoms with Gasteiger partial charge in [0, 0.05) is 24.7 Å². The summed E-state index contributed by atoms with van der Waals surface area (Å²) in [5.41, 5.74) is 0.0547. The molecule has 21 heavy (non-hydrogen) atoms. The van der Waals surface area contributed by atoms with E-state index in [1.165, 1.54) is 18.2 Å². The Balaban J connectivity index is 2.39. The summed E-state index contributed by atoms with van der Waals surface area (Å²) >= 11 is 5.75. The molecule has 0 unspecified atom stereocenters. The Morgan fingerprint density at radius 2 is 2.14 bits per heavy atom. The van der Waals surface area contributed by atoms with Crippen LogP contribution < -0.4 is 5.32 Å². The van der Waals surface area contributed by atoms with Crippen molar-refractivity contribution in [3.8, 4) is 0 Å². The van der Waals surface area contributed by atoms with E-state index in [1.54, 1.807) is 0 Å². The maximum Gasteiger partial charge on any atom is 0.287 e. The van der Waals surface area contributed by atoms with Gasteiger partial charge in [-0.2, -0.15) is 0 Å². The van der Waals surface area contributed by atoms with Crippen molar-refractivity contribution in [2.75, 3.05) is 40.4 Å². The van der Waals surface area contributed by atoms with Crippen LogP contribution in [0.3, 0.4) is 0 Å². The molecule has 0 atom stereocenters. The van der Waals surface area contributed by atoms with Gasteiger partial charge in [-0.15, -0.1) is 0 Å². The lowest BCUT2D eigenvalue weighted by Gasteiger charge is -2.10. The second-order valence-electron chi connectivity index (χ2n) is 4.59. The first-order valence-electron chi connectivity index (χ1n) is 6.36. The van der Waals surface area contributed by atoms with Crippen LogP contribution in [-0.4, -0.2) is 56.1 Å². The lowest BCUT2D eigenvalue weighted by molar-refractivity contribution is -0.384. The number of ether oxygens (including phenoxy) is 1. The van der Waals surface area contributed by atoms with Gasteiger partial charge in [0.05, 0.1) is 18.1 Å². The standard InChI is InChI=1S/C13H18ClN3O4/c1-16(2)6-8-21-7-5-15-13(18)10-3-4-12(17(19)20)11(14)9-10/h3-4,9H,5-8H2,1-2H3,(H,15,18). The molecule has 1 aromatic carbocycles. The number of nitrogens with one attached hydrogen (secondary N) is 1. The largest absolute Gasteiger partial charge is 0.378 e. The average Bonchev–Trinajstić information content (AvgIpc) is 2.41. The van der Waals surface area contributed by atoms with E-state index in [2.05, 4.69) is 5.32 Å². The van der Waals surface area contributed by atoms with E-state index in [0.717, 1.165) is 6.54 Å². The molecule has 0 aliphatic carbocycles. The third-order valence-corrected chi connectivity index (χ3v) is 2.92. The molecule has 0 bridgehead atoms. The Morgan fingerprint density at radius 3 is 2.71 bits per heavy atom. The highest BCUT2D eigenvalue weighted by Gasteiger charge is 2.14. The molecule has 0 radical (unpaired) electrons. The monoisotopic (exact) mass is 315 g/mol. The van der Waals surface area contributed by atoms with Crippen LogP contribution in [0.15, 0.2) is 18.2 Å². The molecule has 8 heteroatoms. The number of likely N-dealkylation sites (N-methyl/N-ethyl adjacent to an activating group) is 1. The van der Waals surface area contributed by atoms with E-state index < -0.39 is 4.92 Å². The van der Waals surface area contributed by atoms with Gasteiger partial charge in [0.15, 0.2) is 0 Å².